The first kappa shape index (κ1) is 14.0. The van der Waals surface area contributed by atoms with Gasteiger partial charge in [-0.05, 0) is 57.8 Å². The zero-order valence-electron chi connectivity index (χ0n) is 12.0. The van der Waals surface area contributed by atoms with Gasteiger partial charge in [-0.25, -0.2) is 0 Å². The lowest BCUT2D eigenvalue weighted by Crippen LogP contribution is -2.42. The van der Waals surface area contributed by atoms with Gasteiger partial charge < -0.3 is 14.6 Å². The van der Waals surface area contributed by atoms with E-state index >= 15 is 0 Å². The molecule has 0 aromatic heterocycles. The van der Waals surface area contributed by atoms with Crippen LogP contribution in [0.2, 0.25) is 0 Å². The lowest BCUT2D eigenvalue weighted by Gasteiger charge is -2.36. The minimum Gasteiger partial charge on any atom is -0.303 e. The van der Waals surface area contributed by atoms with Crippen LogP contribution < -0.4 is 0 Å². The van der Waals surface area contributed by atoms with E-state index in [9.17, 15) is 4.79 Å². The third-order valence-corrected chi connectivity index (χ3v) is 4.37. The molecule has 0 radical (unpaired) electrons. The molecular weight excluding hydrogens is 224 g/mol. The van der Waals surface area contributed by atoms with Crippen molar-refractivity contribution < 1.29 is 4.79 Å². The highest BCUT2D eigenvalue weighted by Crippen LogP contribution is 2.23. The number of carbonyl (C=O) groups is 1. The minimum atomic E-state index is -0.179. The van der Waals surface area contributed by atoms with Crippen LogP contribution in [-0.2, 0) is 4.79 Å². The number of hydrogen-bond donors (Lipinski definition) is 0. The van der Waals surface area contributed by atoms with Crippen molar-refractivity contribution in [2.24, 2.45) is 11.3 Å². The summed E-state index contributed by atoms with van der Waals surface area (Å²) in [4.78, 5) is 16.1. The Morgan fingerprint density at radius 3 is 2.22 bits per heavy atom. The van der Waals surface area contributed by atoms with Crippen molar-refractivity contribution >= 4 is 6.29 Å². The molecule has 0 spiro atoms. The van der Waals surface area contributed by atoms with Crippen molar-refractivity contribution in [1.29, 1.82) is 0 Å². The summed E-state index contributed by atoms with van der Waals surface area (Å²) in [5.41, 5.74) is -0.179. The molecule has 3 nitrogen and oxygen atoms in total. The van der Waals surface area contributed by atoms with Crippen molar-refractivity contribution in [1.82, 2.24) is 9.80 Å². The Kier molecular flexibility index (Phi) is 4.79. The van der Waals surface area contributed by atoms with Gasteiger partial charge in [-0.1, -0.05) is 13.8 Å². The van der Waals surface area contributed by atoms with Crippen LogP contribution >= 0.6 is 0 Å². The molecule has 0 unspecified atom stereocenters. The summed E-state index contributed by atoms with van der Waals surface area (Å²) in [6.45, 7) is 11.3. The molecular formula is C15H28N2O. The van der Waals surface area contributed by atoms with E-state index < -0.39 is 0 Å². The average molecular weight is 252 g/mol. The predicted molar refractivity (Wildman–Crippen MR) is 74.7 cm³/mol. The number of aldehydes is 1. The standard InChI is InChI=1S/C15H28N2O/c1-15(2,13-18)12-17-9-5-14(6-10-17)11-16-7-3-4-8-16/h13-14H,3-12H2,1-2H3. The molecule has 18 heavy (non-hydrogen) atoms. The summed E-state index contributed by atoms with van der Waals surface area (Å²) in [5.74, 6) is 0.888. The maximum absolute atomic E-state index is 11.0. The van der Waals surface area contributed by atoms with Crippen molar-refractivity contribution in [2.45, 2.75) is 39.5 Å². The maximum Gasteiger partial charge on any atom is 0.126 e. The molecule has 0 amide bonds. The van der Waals surface area contributed by atoms with E-state index in [-0.39, 0.29) is 5.41 Å². The first-order valence-corrected chi connectivity index (χ1v) is 7.50. The smallest absolute Gasteiger partial charge is 0.126 e. The number of hydrogen-bond acceptors (Lipinski definition) is 3. The second kappa shape index (κ2) is 6.16. The van der Waals surface area contributed by atoms with Crippen LogP contribution in [0, 0.1) is 11.3 Å². The zero-order valence-corrected chi connectivity index (χ0v) is 12.0. The Balaban J connectivity index is 1.69. The van der Waals surface area contributed by atoms with Gasteiger partial charge in [0.2, 0.25) is 0 Å². The molecule has 0 aromatic carbocycles. The van der Waals surface area contributed by atoms with Gasteiger partial charge in [0.05, 0.1) is 0 Å². The fraction of sp³-hybridized carbons (Fsp3) is 0.933. The number of piperidine rings is 1. The molecule has 3 heteroatoms. The number of carbonyl (C=O) groups excluding carboxylic acids is 1. The van der Waals surface area contributed by atoms with Gasteiger partial charge in [-0.3, -0.25) is 0 Å². The molecule has 2 aliphatic heterocycles. The van der Waals surface area contributed by atoms with E-state index in [1.54, 1.807) is 0 Å². The largest absolute Gasteiger partial charge is 0.303 e. The van der Waals surface area contributed by atoms with Gasteiger partial charge in [0.15, 0.2) is 0 Å². The molecule has 2 rings (SSSR count). The average Bonchev–Trinajstić information content (AvgIpc) is 2.84. The monoisotopic (exact) mass is 252 g/mol. The molecule has 0 atom stereocenters. The lowest BCUT2D eigenvalue weighted by molar-refractivity contribution is -0.115. The Bertz CT molecular complexity index is 264. The van der Waals surface area contributed by atoms with Gasteiger partial charge in [0.25, 0.3) is 0 Å². The molecule has 0 bridgehead atoms. The third-order valence-electron chi connectivity index (χ3n) is 4.37. The van der Waals surface area contributed by atoms with Crippen molar-refractivity contribution in [3.05, 3.63) is 0 Å². The molecule has 0 aliphatic carbocycles. The number of rotatable bonds is 5. The van der Waals surface area contributed by atoms with E-state index in [1.807, 2.05) is 13.8 Å². The summed E-state index contributed by atoms with van der Waals surface area (Å²) < 4.78 is 0. The normalized spacial score (nSPS) is 24.6. The highest BCUT2D eigenvalue weighted by molar-refractivity contribution is 5.58. The van der Waals surface area contributed by atoms with E-state index in [0.29, 0.717) is 0 Å². The Morgan fingerprint density at radius 1 is 1.06 bits per heavy atom. The summed E-state index contributed by atoms with van der Waals surface area (Å²) in [5, 5.41) is 0. The third kappa shape index (κ3) is 4.06. The number of likely N-dealkylation sites (tertiary alicyclic amines) is 2. The van der Waals surface area contributed by atoms with Crippen LogP contribution in [0.1, 0.15) is 39.5 Å². The predicted octanol–water partition coefficient (Wildman–Crippen LogP) is 2.02. The van der Waals surface area contributed by atoms with Crippen LogP contribution in [0.3, 0.4) is 0 Å². The van der Waals surface area contributed by atoms with Gasteiger partial charge in [-0.15, -0.1) is 0 Å². The molecule has 0 aromatic rings. The first-order valence-electron chi connectivity index (χ1n) is 7.50. The summed E-state index contributed by atoms with van der Waals surface area (Å²) in [6, 6.07) is 0. The minimum absolute atomic E-state index is 0.179. The second-order valence-electron chi connectivity index (χ2n) is 6.83. The highest BCUT2D eigenvalue weighted by atomic mass is 16.1. The molecule has 0 N–H and O–H groups in total. The highest BCUT2D eigenvalue weighted by Gasteiger charge is 2.26. The fourth-order valence-corrected chi connectivity index (χ4v) is 3.27. The van der Waals surface area contributed by atoms with Crippen LogP contribution in [0.5, 0.6) is 0 Å². The van der Waals surface area contributed by atoms with Crippen LogP contribution in [0.4, 0.5) is 0 Å². The van der Waals surface area contributed by atoms with Crippen LogP contribution in [-0.4, -0.2) is 55.4 Å². The Morgan fingerprint density at radius 2 is 1.67 bits per heavy atom. The topological polar surface area (TPSA) is 23.6 Å². The molecule has 104 valence electrons. The Labute approximate surface area is 112 Å². The van der Waals surface area contributed by atoms with E-state index in [1.165, 1.54) is 58.4 Å². The van der Waals surface area contributed by atoms with E-state index in [0.717, 1.165) is 18.7 Å². The van der Waals surface area contributed by atoms with E-state index in [2.05, 4.69) is 9.80 Å². The Hall–Kier alpha value is -0.410. The second-order valence-corrected chi connectivity index (χ2v) is 6.83. The molecule has 2 heterocycles. The lowest BCUT2D eigenvalue weighted by atomic mass is 9.91. The molecule has 2 fully saturated rings. The van der Waals surface area contributed by atoms with Crippen LogP contribution in [0.25, 0.3) is 0 Å². The molecule has 2 aliphatic rings. The van der Waals surface area contributed by atoms with Crippen molar-refractivity contribution in [3.63, 3.8) is 0 Å². The molecule has 2 saturated heterocycles. The molecule has 0 saturated carbocycles. The zero-order chi connectivity index (χ0) is 13.0. The van der Waals surface area contributed by atoms with Gasteiger partial charge >= 0.3 is 0 Å². The summed E-state index contributed by atoms with van der Waals surface area (Å²) in [7, 11) is 0. The SMILES string of the molecule is CC(C)(C=O)CN1CCC(CN2CCCC2)CC1. The maximum atomic E-state index is 11.0. The fourth-order valence-electron chi connectivity index (χ4n) is 3.27. The van der Waals surface area contributed by atoms with Crippen LogP contribution in [0.15, 0.2) is 0 Å². The van der Waals surface area contributed by atoms with Gasteiger partial charge in [-0.2, -0.15) is 0 Å². The van der Waals surface area contributed by atoms with Gasteiger partial charge in [0.1, 0.15) is 6.29 Å². The van der Waals surface area contributed by atoms with E-state index in [4.69, 9.17) is 0 Å². The van der Waals surface area contributed by atoms with Crippen molar-refractivity contribution in [2.75, 3.05) is 39.3 Å². The number of nitrogens with zero attached hydrogens (tertiary/aromatic N) is 2. The summed E-state index contributed by atoms with van der Waals surface area (Å²) in [6.07, 6.45) is 6.51. The van der Waals surface area contributed by atoms with Crippen molar-refractivity contribution in [3.8, 4) is 0 Å². The first-order chi connectivity index (χ1) is 8.59. The summed E-state index contributed by atoms with van der Waals surface area (Å²) >= 11 is 0. The quantitative estimate of drug-likeness (QED) is 0.699. The van der Waals surface area contributed by atoms with Gasteiger partial charge in [0, 0.05) is 18.5 Å².